The Bertz CT molecular complexity index is 1400. The van der Waals surface area contributed by atoms with Gasteiger partial charge >= 0.3 is 0 Å². The first-order chi connectivity index (χ1) is 18.0. The molecule has 1 atom stereocenters. The van der Waals surface area contributed by atoms with E-state index >= 15 is 0 Å². The number of para-hydroxylation sites is 2. The van der Waals surface area contributed by atoms with Gasteiger partial charge in [0.15, 0.2) is 0 Å². The molecule has 7 heteroatoms. The predicted molar refractivity (Wildman–Crippen MR) is 148 cm³/mol. The van der Waals surface area contributed by atoms with Gasteiger partial charge < -0.3 is 14.8 Å². The molecule has 2 fully saturated rings. The van der Waals surface area contributed by atoms with Gasteiger partial charge in [-0.05, 0) is 68.4 Å². The molecule has 2 aromatic heterocycles. The minimum absolute atomic E-state index is 0.0702. The van der Waals surface area contributed by atoms with Crippen LogP contribution in [0.3, 0.4) is 0 Å². The molecule has 0 bridgehead atoms. The van der Waals surface area contributed by atoms with Crippen molar-refractivity contribution in [3.05, 3.63) is 59.5 Å². The number of imidazole rings is 1. The Hall–Kier alpha value is -3.48. The fourth-order valence-corrected chi connectivity index (χ4v) is 5.94. The smallest absolute Gasteiger partial charge is 0.226 e. The molecule has 2 aliphatic rings. The summed E-state index contributed by atoms with van der Waals surface area (Å²) in [7, 11) is 0. The van der Waals surface area contributed by atoms with E-state index in [-0.39, 0.29) is 11.8 Å². The Labute approximate surface area is 218 Å². The molecule has 6 rings (SSSR count). The molecule has 192 valence electrons. The van der Waals surface area contributed by atoms with E-state index in [1.165, 1.54) is 5.56 Å². The van der Waals surface area contributed by atoms with E-state index in [4.69, 9.17) is 15.0 Å². The number of nitrogens with one attached hydrogen (secondary N) is 1. The Morgan fingerprint density at radius 3 is 2.57 bits per heavy atom. The van der Waals surface area contributed by atoms with Gasteiger partial charge in [0.2, 0.25) is 11.9 Å². The highest BCUT2D eigenvalue weighted by Gasteiger charge is 2.33. The number of benzene rings is 2. The molecule has 2 saturated heterocycles. The molecular formula is C30H36N6O. The van der Waals surface area contributed by atoms with Crippen LogP contribution in [0.5, 0.6) is 0 Å². The number of likely N-dealkylation sites (tertiary alicyclic amines) is 1. The second-order valence-corrected chi connectivity index (χ2v) is 11.1. The van der Waals surface area contributed by atoms with Gasteiger partial charge in [0, 0.05) is 43.4 Å². The van der Waals surface area contributed by atoms with Crippen LogP contribution in [0.4, 0.5) is 5.95 Å². The zero-order chi connectivity index (χ0) is 25.5. The second kappa shape index (κ2) is 9.77. The third kappa shape index (κ3) is 4.67. The number of aromatic amines is 1. The minimum atomic E-state index is 0.0702. The highest BCUT2D eigenvalue weighted by molar-refractivity contribution is 5.83. The summed E-state index contributed by atoms with van der Waals surface area (Å²) in [5, 5.41) is 1.13. The van der Waals surface area contributed by atoms with Crippen LogP contribution < -0.4 is 4.90 Å². The van der Waals surface area contributed by atoms with Crippen LogP contribution >= 0.6 is 0 Å². The third-order valence-electron chi connectivity index (χ3n) is 8.22. The maximum atomic E-state index is 13.5. The van der Waals surface area contributed by atoms with Crippen molar-refractivity contribution in [3.63, 3.8) is 0 Å². The lowest BCUT2D eigenvalue weighted by molar-refractivity contribution is -0.137. The molecule has 0 unspecified atom stereocenters. The summed E-state index contributed by atoms with van der Waals surface area (Å²) in [6, 6.07) is 14.7. The summed E-state index contributed by atoms with van der Waals surface area (Å²) < 4.78 is 0. The lowest BCUT2D eigenvalue weighted by Crippen LogP contribution is -2.46. The third-order valence-corrected chi connectivity index (χ3v) is 8.22. The Kier molecular flexibility index (Phi) is 6.31. The maximum absolute atomic E-state index is 13.5. The highest BCUT2D eigenvalue weighted by atomic mass is 16.2. The first-order valence-corrected chi connectivity index (χ1v) is 13.7. The number of hydrogen-bond acceptors (Lipinski definition) is 5. The van der Waals surface area contributed by atoms with Crippen LogP contribution in [0.15, 0.2) is 42.5 Å². The van der Waals surface area contributed by atoms with Crippen LogP contribution in [0.1, 0.15) is 68.4 Å². The molecule has 1 amide bonds. The molecule has 37 heavy (non-hydrogen) atoms. The topological polar surface area (TPSA) is 78.0 Å². The summed E-state index contributed by atoms with van der Waals surface area (Å²) in [4.78, 5) is 35.9. The summed E-state index contributed by atoms with van der Waals surface area (Å²) >= 11 is 0. The van der Waals surface area contributed by atoms with Crippen molar-refractivity contribution in [1.29, 1.82) is 0 Å². The summed E-state index contributed by atoms with van der Waals surface area (Å²) in [5.41, 5.74) is 5.40. The van der Waals surface area contributed by atoms with Crippen molar-refractivity contribution in [2.45, 2.75) is 58.3 Å². The quantitative estimate of drug-likeness (QED) is 0.400. The molecule has 0 aliphatic carbocycles. The van der Waals surface area contributed by atoms with Crippen LogP contribution in [0.25, 0.3) is 21.9 Å². The fraction of sp³-hybridized carbons (Fsp3) is 0.467. The number of amides is 1. The average Bonchev–Trinajstić information content (AvgIpc) is 3.37. The van der Waals surface area contributed by atoms with Crippen molar-refractivity contribution in [3.8, 4) is 0 Å². The standard InChI is InChI=1S/C30H36N6O/c1-19(2)22-10-11-25-24(17-22)20(3)31-30(34-25)35-15-12-21(13-16-35)29(37)36-14-6-7-23(18-36)28-32-26-8-4-5-9-27(26)33-28/h4-5,8-11,17,19,21,23H,6-7,12-16,18H2,1-3H3,(H,32,33)/t23-/m1/s1. The van der Waals surface area contributed by atoms with E-state index in [0.29, 0.717) is 11.8 Å². The molecule has 7 nitrogen and oxygen atoms in total. The van der Waals surface area contributed by atoms with E-state index in [1.54, 1.807) is 0 Å². The maximum Gasteiger partial charge on any atom is 0.226 e. The van der Waals surface area contributed by atoms with Crippen LogP contribution in [0, 0.1) is 12.8 Å². The number of fused-ring (bicyclic) bond motifs is 2. The van der Waals surface area contributed by atoms with Gasteiger partial charge in [-0.15, -0.1) is 0 Å². The molecule has 2 aromatic carbocycles. The van der Waals surface area contributed by atoms with E-state index in [1.807, 2.05) is 18.2 Å². The van der Waals surface area contributed by atoms with Gasteiger partial charge in [-0.2, -0.15) is 0 Å². The number of carbonyl (C=O) groups is 1. The predicted octanol–water partition coefficient (Wildman–Crippen LogP) is 5.56. The van der Waals surface area contributed by atoms with Crippen molar-refractivity contribution in [1.82, 2.24) is 24.8 Å². The van der Waals surface area contributed by atoms with Crippen LogP contribution in [0.2, 0.25) is 0 Å². The zero-order valence-corrected chi connectivity index (χ0v) is 22.1. The number of aryl methyl sites for hydroxylation is 1. The lowest BCUT2D eigenvalue weighted by Gasteiger charge is -2.37. The largest absolute Gasteiger partial charge is 0.342 e. The molecule has 0 spiro atoms. The first kappa shape index (κ1) is 23.9. The zero-order valence-electron chi connectivity index (χ0n) is 22.1. The Morgan fingerprint density at radius 1 is 0.973 bits per heavy atom. The number of rotatable bonds is 4. The SMILES string of the molecule is Cc1nc(N2CCC(C(=O)N3CCC[C@@H](c4nc5ccccc5[nH]4)C3)CC2)nc2ccc(C(C)C)cc12. The number of carbonyl (C=O) groups excluding carboxylic acids is 1. The van der Waals surface area contributed by atoms with E-state index in [0.717, 1.165) is 91.3 Å². The number of anilines is 1. The number of hydrogen-bond donors (Lipinski definition) is 1. The van der Waals surface area contributed by atoms with E-state index in [9.17, 15) is 4.79 Å². The normalized spacial score (nSPS) is 19.3. The summed E-state index contributed by atoms with van der Waals surface area (Å²) in [6.45, 7) is 9.71. The number of piperidine rings is 2. The molecule has 1 N–H and O–H groups in total. The van der Waals surface area contributed by atoms with Gasteiger partial charge in [0.25, 0.3) is 0 Å². The fourth-order valence-electron chi connectivity index (χ4n) is 5.94. The lowest BCUT2D eigenvalue weighted by atomic mass is 9.92. The molecule has 4 heterocycles. The summed E-state index contributed by atoms with van der Waals surface area (Å²) in [6.07, 6.45) is 3.78. The number of nitrogens with zero attached hydrogens (tertiary/aromatic N) is 5. The Morgan fingerprint density at radius 2 is 1.78 bits per heavy atom. The van der Waals surface area contributed by atoms with Crippen LogP contribution in [-0.4, -0.2) is 56.9 Å². The minimum Gasteiger partial charge on any atom is -0.342 e. The van der Waals surface area contributed by atoms with Gasteiger partial charge in [0.1, 0.15) is 5.82 Å². The molecule has 0 radical (unpaired) electrons. The van der Waals surface area contributed by atoms with Crippen molar-refractivity contribution < 1.29 is 4.79 Å². The van der Waals surface area contributed by atoms with Crippen LogP contribution in [-0.2, 0) is 4.79 Å². The first-order valence-electron chi connectivity index (χ1n) is 13.7. The highest BCUT2D eigenvalue weighted by Crippen LogP contribution is 2.31. The van der Waals surface area contributed by atoms with Gasteiger partial charge in [-0.25, -0.2) is 15.0 Å². The Balaban J connectivity index is 1.11. The molecular weight excluding hydrogens is 460 g/mol. The van der Waals surface area contributed by atoms with E-state index < -0.39 is 0 Å². The molecule has 4 aromatic rings. The molecule has 2 aliphatic heterocycles. The summed E-state index contributed by atoms with van der Waals surface area (Å²) in [5.74, 6) is 2.93. The molecule has 0 saturated carbocycles. The number of aromatic nitrogens is 4. The van der Waals surface area contributed by atoms with Gasteiger partial charge in [0.05, 0.1) is 22.2 Å². The monoisotopic (exact) mass is 496 g/mol. The van der Waals surface area contributed by atoms with Gasteiger partial charge in [-0.1, -0.05) is 32.0 Å². The number of H-pyrrole nitrogens is 1. The van der Waals surface area contributed by atoms with Crippen molar-refractivity contribution >= 4 is 33.8 Å². The van der Waals surface area contributed by atoms with Crippen molar-refractivity contribution in [2.75, 3.05) is 31.1 Å². The van der Waals surface area contributed by atoms with Crippen molar-refractivity contribution in [2.24, 2.45) is 5.92 Å². The average molecular weight is 497 g/mol. The van der Waals surface area contributed by atoms with E-state index in [2.05, 4.69) is 59.8 Å². The van der Waals surface area contributed by atoms with Gasteiger partial charge in [-0.3, -0.25) is 4.79 Å². The second-order valence-electron chi connectivity index (χ2n) is 11.1.